The molecule has 2 nitrogen and oxygen atoms in total. The van der Waals surface area contributed by atoms with Crippen molar-refractivity contribution < 1.29 is 4.39 Å². The Morgan fingerprint density at radius 1 is 1.47 bits per heavy atom. The summed E-state index contributed by atoms with van der Waals surface area (Å²) in [5.74, 6) is 0.0522. The molecular formula is C10H8ClFN2S. The van der Waals surface area contributed by atoms with Crippen molar-refractivity contribution in [3.8, 4) is 11.4 Å². The predicted molar refractivity (Wildman–Crippen MR) is 59.6 cm³/mol. The third kappa shape index (κ3) is 2.16. The van der Waals surface area contributed by atoms with Gasteiger partial charge in [-0.05, 0) is 19.1 Å². The van der Waals surface area contributed by atoms with E-state index < -0.39 is 0 Å². The second kappa shape index (κ2) is 4.24. The first-order valence-corrected chi connectivity index (χ1v) is 5.70. The molecule has 0 atom stereocenters. The van der Waals surface area contributed by atoms with Crippen LogP contribution in [-0.2, 0) is 5.88 Å². The van der Waals surface area contributed by atoms with E-state index in [0.29, 0.717) is 11.6 Å². The molecule has 0 saturated heterocycles. The summed E-state index contributed by atoms with van der Waals surface area (Å²) in [4.78, 5) is 9.36. The van der Waals surface area contributed by atoms with Crippen LogP contribution in [0.4, 0.5) is 4.39 Å². The number of pyridine rings is 1. The monoisotopic (exact) mass is 242 g/mol. The van der Waals surface area contributed by atoms with Crippen LogP contribution < -0.4 is 0 Å². The van der Waals surface area contributed by atoms with Crippen LogP contribution in [0, 0.1) is 12.7 Å². The molecule has 0 aliphatic heterocycles. The standard InChI is InChI=1S/C10H8ClFN2S/c1-6-10(14-9(4-11)15-6)8-3-2-7(12)5-13-8/h2-3,5H,4H2,1H3. The first-order valence-electron chi connectivity index (χ1n) is 4.35. The van der Waals surface area contributed by atoms with Crippen LogP contribution in [0.2, 0.25) is 0 Å². The van der Waals surface area contributed by atoms with Gasteiger partial charge >= 0.3 is 0 Å². The molecule has 2 heterocycles. The number of hydrogen-bond acceptors (Lipinski definition) is 3. The van der Waals surface area contributed by atoms with Gasteiger partial charge in [0.2, 0.25) is 0 Å². The smallest absolute Gasteiger partial charge is 0.141 e. The Hall–Kier alpha value is -1.00. The number of halogens is 2. The molecule has 0 radical (unpaired) electrons. The molecule has 15 heavy (non-hydrogen) atoms. The minimum Gasteiger partial charge on any atom is -0.252 e. The molecule has 0 spiro atoms. The summed E-state index contributed by atoms with van der Waals surface area (Å²) in [5.41, 5.74) is 1.47. The summed E-state index contributed by atoms with van der Waals surface area (Å²) in [6, 6.07) is 3.00. The molecule has 0 amide bonds. The van der Waals surface area contributed by atoms with Gasteiger partial charge in [-0.1, -0.05) is 0 Å². The van der Waals surface area contributed by atoms with Crippen LogP contribution in [0.15, 0.2) is 18.3 Å². The first-order chi connectivity index (χ1) is 7.20. The normalized spacial score (nSPS) is 10.6. The highest BCUT2D eigenvalue weighted by Crippen LogP contribution is 2.26. The predicted octanol–water partition coefficient (Wildman–Crippen LogP) is 3.39. The summed E-state index contributed by atoms with van der Waals surface area (Å²) < 4.78 is 12.7. The molecule has 0 bridgehead atoms. The Balaban J connectivity index is 2.44. The second-order valence-electron chi connectivity index (χ2n) is 3.01. The van der Waals surface area contributed by atoms with Crippen molar-refractivity contribution in [3.05, 3.63) is 34.0 Å². The van der Waals surface area contributed by atoms with Gasteiger partial charge in [0.1, 0.15) is 16.5 Å². The van der Waals surface area contributed by atoms with Crippen molar-refractivity contribution >= 4 is 22.9 Å². The van der Waals surface area contributed by atoms with Crippen molar-refractivity contribution in [1.29, 1.82) is 0 Å². The molecule has 0 aliphatic carbocycles. The highest BCUT2D eigenvalue weighted by atomic mass is 35.5. The van der Waals surface area contributed by atoms with Crippen LogP contribution in [0.5, 0.6) is 0 Å². The van der Waals surface area contributed by atoms with Gasteiger partial charge in [-0.3, -0.25) is 4.98 Å². The summed E-state index contributed by atoms with van der Waals surface area (Å²) in [6.07, 6.45) is 1.19. The summed E-state index contributed by atoms with van der Waals surface area (Å²) in [7, 11) is 0. The lowest BCUT2D eigenvalue weighted by Gasteiger charge is -1.96. The van der Waals surface area contributed by atoms with Crippen LogP contribution >= 0.6 is 22.9 Å². The number of aryl methyl sites for hydroxylation is 1. The highest BCUT2D eigenvalue weighted by molar-refractivity contribution is 7.12. The van der Waals surface area contributed by atoms with Crippen LogP contribution in [0.25, 0.3) is 11.4 Å². The number of aromatic nitrogens is 2. The minimum atomic E-state index is -0.343. The fourth-order valence-corrected chi connectivity index (χ4v) is 2.28. The van der Waals surface area contributed by atoms with E-state index in [1.54, 1.807) is 6.07 Å². The average Bonchev–Trinajstić information content (AvgIpc) is 2.61. The van der Waals surface area contributed by atoms with Crippen molar-refractivity contribution in [2.45, 2.75) is 12.8 Å². The summed E-state index contributed by atoms with van der Waals surface area (Å²) in [6.45, 7) is 1.95. The molecule has 2 aromatic rings. The zero-order chi connectivity index (χ0) is 10.8. The molecule has 2 rings (SSSR count). The molecule has 0 N–H and O–H groups in total. The number of thiazole rings is 1. The van der Waals surface area contributed by atoms with Gasteiger partial charge in [0.05, 0.1) is 17.8 Å². The van der Waals surface area contributed by atoms with Crippen LogP contribution in [0.1, 0.15) is 9.88 Å². The molecule has 0 aliphatic rings. The first kappa shape index (κ1) is 10.5. The summed E-state index contributed by atoms with van der Waals surface area (Å²) >= 11 is 7.23. The number of nitrogens with zero attached hydrogens (tertiary/aromatic N) is 2. The van der Waals surface area contributed by atoms with Gasteiger partial charge in [0.15, 0.2) is 0 Å². The third-order valence-corrected chi connectivity index (χ3v) is 3.31. The fourth-order valence-electron chi connectivity index (χ4n) is 1.26. The zero-order valence-corrected chi connectivity index (χ0v) is 9.57. The molecule has 5 heteroatoms. The maximum absolute atomic E-state index is 12.7. The Labute approximate surface area is 95.8 Å². The summed E-state index contributed by atoms with van der Waals surface area (Å²) in [5, 5.41) is 0.857. The fraction of sp³-hybridized carbons (Fsp3) is 0.200. The maximum Gasteiger partial charge on any atom is 0.141 e. The average molecular weight is 243 g/mol. The van der Waals surface area contributed by atoms with Crippen molar-refractivity contribution in [3.63, 3.8) is 0 Å². The lowest BCUT2D eigenvalue weighted by Crippen LogP contribution is -1.87. The van der Waals surface area contributed by atoms with Gasteiger partial charge in [-0.15, -0.1) is 22.9 Å². The number of rotatable bonds is 2. The lowest BCUT2D eigenvalue weighted by molar-refractivity contribution is 0.622. The van der Waals surface area contributed by atoms with Gasteiger partial charge in [-0.2, -0.15) is 0 Å². The molecule has 0 fully saturated rings. The minimum absolute atomic E-state index is 0.343. The topological polar surface area (TPSA) is 25.8 Å². The van der Waals surface area contributed by atoms with Crippen LogP contribution in [-0.4, -0.2) is 9.97 Å². The molecule has 78 valence electrons. The van der Waals surface area contributed by atoms with E-state index in [2.05, 4.69) is 9.97 Å². The maximum atomic E-state index is 12.7. The van der Waals surface area contributed by atoms with Gasteiger partial charge in [0, 0.05) is 4.88 Å². The van der Waals surface area contributed by atoms with Crippen molar-refractivity contribution in [2.75, 3.05) is 0 Å². The zero-order valence-electron chi connectivity index (χ0n) is 8.00. The number of hydrogen-bond donors (Lipinski definition) is 0. The molecule has 0 unspecified atom stereocenters. The van der Waals surface area contributed by atoms with Gasteiger partial charge in [0.25, 0.3) is 0 Å². The molecule has 0 saturated carbocycles. The second-order valence-corrected chi connectivity index (χ2v) is 4.56. The van der Waals surface area contributed by atoms with Crippen molar-refractivity contribution in [2.24, 2.45) is 0 Å². The van der Waals surface area contributed by atoms with Crippen LogP contribution in [0.3, 0.4) is 0 Å². The number of alkyl halides is 1. The van der Waals surface area contributed by atoms with E-state index in [0.717, 1.165) is 15.6 Å². The van der Waals surface area contributed by atoms with Gasteiger partial charge in [-0.25, -0.2) is 9.37 Å². The Bertz CT molecular complexity index is 467. The lowest BCUT2D eigenvalue weighted by atomic mass is 10.2. The Morgan fingerprint density at radius 3 is 2.80 bits per heavy atom. The van der Waals surface area contributed by atoms with E-state index in [-0.39, 0.29) is 5.82 Å². The molecular weight excluding hydrogens is 235 g/mol. The van der Waals surface area contributed by atoms with E-state index in [1.165, 1.54) is 23.6 Å². The Kier molecular flexibility index (Phi) is 2.98. The highest BCUT2D eigenvalue weighted by Gasteiger charge is 2.10. The van der Waals surface area contributed by atoms with Gasteiger partial charge < -0.3 is 0 Å². The molecule has 2 aromatic heterocycles. The quantitative estimate of drug-likeness (QED) is 0.755. The Morgan fingerprint density at radius 2 is 2.27 bits per heavy atom. The van der Waals surface area contributed by atoms with Crippen molar-refractivity contribution in [1.82, 2.24) is 9.97 Å². The van der Waals surface area contributed by atoms with E-state index in [1.807, 2.05) is 6.92 Å². The van der Waals surface area contributed by atoms with E-state index in [4.69, 9.17) is 11.6 Å². The van der Waals surface area contributed by atoms with E-state index in [9.17, 15) is 4.39 Å². The third-order valence-electron chi connectivity index (χ3n) is 1.93. The SMILES string of the molecule is Cc1sc(CCl)nc1-c1ccc(F)cn1. The molecule has 0 aromatic carbocycles. The van der Waals surface area contributed by atoms with E-state index >= 15 is 0 Å². The largest absolute Gasteiger partial charge is 0.252 e.